The van der Waals surface area contributed by atoms with E-state index in [-0.39, 0.29) is 0 Å². The van der Waals surface area contributed by atoms with E-state index in [2.05, 4.69) is 53.5 Å². The fourth-order valence-corrected chi connectivity index (χ4v) is 3.37. The van der Waals surface area contributed by atoms with Crippen molar-refractivity contribution in [1.29, 1.82) is 0 Å². The monoisotopic (exact) mass is 321 g/mol. The van der Waals surface area contributed by atoms with Crippen LogP contribution in [0.1, 0.15) is 0 Å². The van der Waals surface area contributed by atoms with Crippen LogP contribution >= 0.6 is 0 Å². The Balaban J connectivity index is 1.78. The van der Waals surface area contributed by atoms with Crippen molar-refractivity contribution in [3.63, 3.8) is 0 Å². The summed E-state index contributed by atoms with van der Waals surface area (Å²) in [5.74, 6) is 0. The van der Waals surface area contributed by atoms with Gasteiger partial charge < -0.3 is 4.42 Å². The molecule has 25 heavy (non-hydrogen) atoms. The molecule has 0 saturated heterocycles. The average molecular weight is 321 g/mol. The van der Waals surface area contributed by atoms with Crippen LogP contribution in [0.2, 0.25) is 0 Å². The summed E-state index contributed by atoms with van der Waals surface area (Å²) in [4.78, 5) is 4.51. The lowest BCUT2D eigenvalue weighted by Crippen LogP contribution is -1.83. The third-order valence-electron chi connectivity index (χ3n) is 4.55. The Labute approximate surface area is 145 Å². The van der Waals surface area contributed by atoms with Gasteiger partial charge in [-0.2, -0.15) is 0 Å². The van der Waals surface area contributed by atoms with Gasteiger partial charge >= 0.3 is 0 Å². The molecule has 118 valence electrons. The van der Waals surface area contributed by atoms with E-state index < -0.39 is 0 Å². The van der Waals surface area contributed by atoms with E-state index in [1.54, 1.807) is 0 Å². The maximum Gasteiger partial charge on any atom is 0.136 e. The Morgan fingerprint density at radius 2 is 1.52 bits per heavy atom. The molecule has 0 aliphatic heterocycles. The minimum atomic E-state index is 0.892. The van der Waals surface area contributed by atoms with Crippen molar-refractivity contribution in [2.75, 3.05) is 0 Å². The fraction of sp³-hybridized carbons (Fsp3) is 0. The van der Waals surface area contributed by atoms with Crippen LogP contribution in [-0.4, -0.2) is 4.98 Å². The van der Waals surface area contributed by atoms with E-state index in [1.807, 2.05) is 42.6 Å². The Bertz CT molecular complexity index is 1170. The Morgan fingerprint density at radius 1 is 0.640 bits per heavy atom. The number of aromatic nitrogens is 1. The Morgan fingerprint density at radius 3 is 2.36 bits per heavy atom. The zero-order chi connectivity index (χ0) is 16.6. The first-order valence-corrected chi connectivity index (χ1v) is 8.32. The molecule has 0 bridgehead atoms. The summed E-state index contributed by atoms with van der Waals surface area (Å²) in [5, 5.41) is 2.24. The first-order valence-electron chi connectivity index (χ1n) is 8.32. The summed E-state index contributed by atoms with van der Waals surface area (Å²) in [6.07, 6.45) is 1.82. The van der Waals surface area contributed by atoms with Crippen LogP contribution < -0.4 is 0 Å². The van der Waals surface area contributed by atoms with Crippen LogP contribution in [0, 0.1) is 0 Å². The topological polar surface area (TPSA) is 26.0 Å². The highest BCUT2D eigenvalue weighted by Gasteiger charge is 2.13. The maximum absolute atomic E-state index is 6.15. The molecule has 3 aromatic carbocycles. The van der Waals surface area contributed by atoms with Crippen molar-refractivity contribution in [2.24, 2.45) is 0 Å². The summed E-state index contributed by atoms with van der Waals surface area (Å²) in [6.45, 7) is 0. The van der Waals surface area contributed by atoms with Crippen LogP contribution in [-0.2, 0) is 0 Å². The number of nitrogens with zero attached hydrogens (tertiary/aromatic N) is 1. The maximum atomic E-state index is 6.15. The number of benzene rings is 3. The molecule has 0 aliphatic rings. The molecule has 2 heteroatoms. The largest absolute Gasteiger partial charge is 0.456 e. The highest BCUT2D eigenvalue weighted by molar-refractivity contribution is 6.12. The molecule has 0 amide bonds. The lowest BCUT2D eigenvalue weighted by Gasteiger charge is -2.03. The van der Waals surface area contributed by atoms with Gasteiger partial charge in [0, 0.05) is 22.5 Å². The van der Waals surface area contributed by atoms with Crippen molar-refractivity contribution in [3.8, 4) is 22.4 Å². The van der Waals surface area contributed by atoms with Crippen molar-refractivity contribution < 1.29 is 4.42 Å². The summed E-state index contributed by atoms with van der Waals surface area (Å²) in [6, 6.07) is 28.9. The van der Waals surface area contributed by atoms with Crippen molar-refractivity contribution in [1.82, 2.24) is 4.98 Å². The van der Waals surface area contributed by atoms with Crippen molar-refractivity contribution in [3.05, 3.63) is 91.1 Å². The number of hydrogen-bond donors (Lipinski definition) is 0. The van der Waals surface area contributed by atoms with Gasteiger partial charge in [0.05, 0.1) is 5.69 Å². The minimum Gasteiger partial charge on any atom is -0.456 e. The molecule has 0 radical (unpaired) electrons. The molecule has 0 fully saturated rings. The fourth-order valence-electron chi connectivity index (χ4n) is 3.37. The standard InChI is InChI=1S/C23H15NO/c1-2-7-16(8-3-1)17-12-13-19-22(15-17)25-21-11-6-9-18(23(19)21)20-10-4-5-14-24-20/h1-15H. The summed E-state index contributed by atoms with van der Waals surface area (Å²) < 4.78 is 6.15. The zero-order valence-electron chi connectivity index (χ0n) is 13.5. The first-order chi connectivity index (χ1) is 12.4. The summed E-state index contributed by atoms with van der Waals surface area (Å²) in [7, 11) is 0. The van der Waals surface area contributed by atoms with E-state index in [0.717, 1.165) is 38.8 Å². The van der Waals surface area contributed by atoms with E-state index in [9.17, 15) is 0 Å². The molecule has 2 nitrogen and oxygen atoms in total. The molecule has 0 atom stereocenters. The zero-order valence-corrected chi connectivity index (χ0v) is 13.5. The quantitative estimate of drug-likeness (QED) is 0.380. The number of pyridine rings is 1. The molecule has 0 unspecified atom stereocenters. The molecule has 0 N–H and O–H groups in total. The molecule has 0 aliphatic carbocycles. The lowest BCUT2D eigenvalue weighted by molar-refractivity contribution is 0.669. The van der Waals surface area contributed by atoms with Crippen LogP contribution in [0.25, 0.3) is 44.3 Å². The first kappa shape index (κ1) is 14.0. The molecule has 2 heterocycles. The third kappa shape index (κ3) is 2.31. The molecular weight excluding hydrogens is 306 g/mol. The molecule has 5 aromatic rings. The van der Waals surface area contributed by atoms with E-state index in [4.69, 9.17) is 4.42 Å². The molecule has 5 rings (SSSR count). The predicted molar refractivity (Wildman–Crippen MR) is 102 cm³/mol. The number of fused-ring (bicyclic) bond motifs is 3. The van der Waals surface area contributed by atoms with E-state index in [1.165, 1.54) is 5.56 Å². The van der Waals surface area contributed by atoms with Crippen LogP contribution in [0.4, 0.5) is 0 Å². The van der Waals surface area contributed by atoms with Gasteiger partial charge in [0.25, 0.3) is 0 Å². The van der Waals surface area contributed by atoms with Gasteiger partial charge in [0.1, 0.15) is 11.2 Å². The highest BCUT2D eigenvalue weighted by Crippen LogP contribution is 2.37. The van der Waals surface area contributed by atoms with Gasteiger partial charge in [-0.25, -0.2) is 0 Å². The van der Waals surface area contributed by atoms with Crippen molar-refractivity contribution in [2.45, 2.75) is 0 Å². The van der Waals surface area contributed by atoms with Gasteiger partial charge in [-0.15, -0.1) is 0 Å². The van der Waals surface area contributed by atoms with Gasteiger partial charge in [-0.1, -0.05) is 54.6 Å². The Kier molecular flexibility index (Phi) is 3.14. The van der Waals surface area contributed by atoms with Gasteiger partial charge in [0.2, 0.25) is 0 Å². The summed E-state index contributed by atoms with van der Waals surface area (Å²) >= 11 is 0. The molecule has 2 aromatic heterocycles. The number of hydrogen-bond acceptors (Lipinski definition) is 2. The van der Waals surface area contributed by atoms with Gasteiger partial charge in [-0.05, 0) is 41.5 Å². The second-order valence-corrected chi connectivity index (χ2v) is 6.07. The SMILES string of the molecule is c1ccc(-c2ccc3c(c2)oc2cccc(-c4ccccn4)c23)cc1. The van der Waals surface area contributed by atoms with Gasteiger partial charge in [0.15, 0.2) is 0 Å². The van der Waals surface area contributed by atoms with Crippen molar-refractivity contribution >= 4 is 21.9 Å². The van der Waals surface area contributed by atoms with E-state index >= 15 is 0 Å². The van der Waals surface area contributed by atoms with E-state index in [0.29, 0.717) is 0 Å². The normalized spacial score (nSPS) is 11.2. The predicted octanol–water partition coefficient (Wildman–Crippen LogP) is 6.32. The molecular formula is C23H15NO. The summed E-state index contributed by atoms with van der Waals surface area (Å²) in [5.41, 5.74) is 6.21. The smallest absolute Gasteiger partial charge is 0.136 e. The highest BCUT2D eigenvalue weighted by atomic mass is 16.3. The second-order valence-electron chi connectivity index (χ2n) is 6.07. The van der Waals surface area contributed by atoms with Crippen LogP contribution in [0.3, 0.4) is 0 Å². The molecule has 0 spiro atoms. The van der Waals surface area contributed by atoms with Gasteiger partial charge in [-0.3, -0.25) is 4.98 Å². The number of furan rings is 1. The molecule has 0 saturated carbocycles. The second kappa shape index (κ2) is 5.60. The number of rotatable bonds is 2. The third-order valence-corrected chi connectivity index (χ3v) is 4.55. The average Bonchev–Trinajstić information content (AvgIpc) is 3.07. The lowest BCUT2D eigenvalue weighted by atomic mass is 10.0. The Hall–Kier alpha value is -3.39. The van der Waals surface area contributed by atoms with Crippen LogP contribution in [0.5, 0.6) is 0 Å². The van der Waals surface area contributed by atoms with Crippen LogP contribution in [0.15, 0.2) is 95.5 Å². The minimum absolute atomic E-state index is 0.892.